The summed E-state index contributed by atoms with van der Waals surface area (Å²) in [6.45, 7) is 7.34. The summed E-state index contributed by atoms with van der Waals surface area (Å²) < 4.78 is 5.78. The lowest BCUT2D eigenvalue weighted by atomic mass is 9.97. The molecule has 28 heavy (non-hydrogen) atoms. The molecule has 1 aliphatic carbocycles. The number of ether oxygens (including phenoxy) is 1. The zero-order chi connectivity index (χ0) is 18.4. The fourth-order valence-corrected chi connectivity index (χ4v) is 4.55. The number of nitrogens with zero attached hydrogens (tertiary/aromatic N) is 2. The molecule has 0 bridgehead atoms. The summed E-state index contributed by atoms with van der Waals surface area (Å²) in [6, 6.07) is 0.637. The molecule has 0 radical (unpaired) electrons. The van der Waals surface area contributed by atoms with Crippen LogP contribution in [0.3, 0.4) is 0 Å². The van der Waals surface area contributed by atoms with E-state index in [0.717, 1.165) is 65.0 Å². The summed E-state index contributed by atoms with van der Waals surface area (Å²) in [5.74, 6) is -0.313. The molecule has 3 rings (SSSR count). The van der Waals surface area contributed by atoms with E-state index in [0.29, 0.717) is 12.5 Å². The number of rotatable bonds is 6. The predicted molar refractivity (Wildman–Crippen MR) is 114 cm³/mol. The molecule has 2 N–H and O–H groups in total. The van der Waals surface area contributed by atoms with Crippen molar-refractivity contribution in [3.8, 4) is 0 Å². The first-order valence-corrected chi connectivity index (χ1v) is 10.3. The summed E-state index contributed by atoms with van der Waals surface area (Å²) in [6.07, 6.45) is 8.33. The molecular weight excluding hydrogens is 403 g/mol. The van der Waals surface area contributed by atoms with E-state index in [9.17, 15) is 9.59 Å². The summed E-state index contributed by atoms with van der Waals surface area (Å²) in [4.78, 5) is 28.7. The van der Waals surface area contributed by atoms with Crippen LogP contribution in [0.5, 0.6) is 0 Å². The lowest BCUT2D eigenvalue weighted by molar-refractivity contribution is -0.169. The number of amides is 1. The van der Waals surface area contributed by atoms with Gasteiger partial charge in [0.2, 0.25) is 6.41 Å². The lowest BCUT2D eigenvalue weighted by Crippen LogP contribution is -2.67. The van der Waals surface area contributed by atoms with E-state index in [2.05, 4.69) is 20.4 Å². The molecule has 1 amide bonds. The van der Waals surface area contributed by atoms with Gasteiger partial charge in [0.05, 0.1) is 0 Å². The molecule has 164 valence electrons. The smallest absolute Gasteiger partial charge is 0.347 e. The summed E-state index contributed by atoms with van der Waals surface area (Å²) >= 11 is 0. The number of piperazine rings is 1. The van der Waals surface area contributed by atoms with Gasteiger partial charge in [0, 0.05) is 32.2 Å². The van der Waals surface area contributed by atoms with Crippen LogP contribution in [-0.4, -0.2) is 79.3 Å². The molecule has 9 heteroatoms. The van der Waals surface area contributed by atoms with Crippen LogP contribution in [0.1, 0.15) is 51.9 Å². The molecule has 2 heterocycles. The predicted octanol–water partition coefficient (Wildman–Crippen LogP) is 1.54. The van der Waals surface area contributed by atoms with Crippen molar-refractivity contribution < 1.29 is 14.3 Å². The van der Waals surface area contributed by atoms with Gasteiger partial charge in [-0.05, 0) is 58.5 Å². The van der Waals surface area contributed by atoms with Crippen molar-refractivity contribution in [2.45, 2.75) is 69.7 Å². The number of nitrogens with one attached hydrogen (secondary N) is 2. The first-order valence-electron chi connectivity index (χ1n) is 10.3. The Morgan fingerprint density at radius 2 is 1.64 bits per heavy atom. The average Bonchev–Trinajstić information content (AvgIpc) is 2.69. The van der Waals surface area contributed by atoms with Gasteiger partial charge < -0.3 is 15.4 Å². The summed E-state index contributed by atoms with van der Waals surface area (Å²) in [5, 5.41) is 6.16. The topological polar surface area (TPSA) is 73.9 Å². The highest BCUT2D eigenvalue weighted by molar-refractivity contribution is 5.85. The van der Waals surface area contributed by atoms with Gasteiger partial charge in [0.25, 0.3) is 0 Å². The number of esters is 1. The Morgan fingerprint density at radius 1 is 1.04 bits per heavy atom. The minimum absolute atomic E-state index is 0. The van der Waals surface area contributed by atoms with Gasteiger partial charge in [-0.25, -0.2) is 4.79 Å². The Bertz CT molecular complexity index is 480. The second-order valence-electron chi connectivity index (χ2n) is 8.00. The third kappa shape index (κ3) is 6.20. The Morgan fingerprint density at radius 3 is 2.21 bits per heavy atom. The molecule has 1 saturated carbocycles. The molecular formula is C19H36Cl2N4O3. The van der Waals surface area contributed by atoms with E-state index in [1.54, 1.807) is 6.92 Å². The van der Waals surface area contributed by atoms with Gasteiger partial charge in [0.1, 0.15) is 6.10 Å². The highest BCUT2D eigenvalue weighted by Gasteiger charge is 2.43. The second kappa shape index (κ2) is 12.2. The van der Waals surface area contributed by atoms with Crippen LogP contribution >= 0.6 is 24.8 Å². The van der Waals surface area contributed by atoms with E-state index in [1.165, 1.54) is 19.3 Å². The molecule has 0 aromatic heterocycles. The minimum Gasteiger partial charge on any atom is -0.460 e. The van der Waals surface area contributed by atoms with Crippen molar-refractivity contribution >= 4 is 37.2 Å². The van der Waals surface area contributed by atoms with Crippen LogP contribution in [-0.2, 0) is 14.3 Å². The summed E-state index contributed by atoms with van der Waals surface area (Å²) in [7, 11) is 0. The zero-order valence-electron chi connectivity index (χ0n) is 16.9. The quantitative estimate of drug-likeness (QED) is 0.483. The largest absolute Gasteiger partial charge is 0.460 e. The van der Waals surface area contributed by atoms with E-state index in [-0.39, 0.29) is 36.9 Å². The van der Waals surface area contributed by atoms with Crippen molar-refractivity contribution in [1.82, 2.24) is 20.4 Å². The third-order valence-electron chi connectivity index (χ3n) is 6.34. The summed E-state index contributed by atoms with van der Waals surface area (Å²) in [5.41, 5.74) is -1.07. The van der Waals surface area contributed by atoms with Crippen molar-refractivity contribution in [2.24, 2.45) is 0 Å². The van der Waals surface area contributed by atoms with Crippen molar-refractivity contribution in [3.63, 3.8) is 0 Å². The number of hydrogen-bond acceptors (Lipinski definition) is 6. The van der Waals surface area contributed by atoms with Crippen LogP contribution in [0, 0.1) is 0 Å². The van der Waals surface area contributed by atoms with Gasteiger partial charge >= 0.3 is 5.97 Å². The molecule has 0 spiro atoms. The molecule has 7 nitrogen and oxygen atoms in total. The fourth-order valence-electron chi connectivity index (χ4n) is 4.55. The minimum atomic E-state index is -1.07. The first-order chi connectivity index (χ1) is 12.6. The van der Waals surface area contributed by atoms with Crippen molar-refractivity contribution in [1.29, 1.82) is 0 Å². The molecule has 0 aromatic carbocycles. The molecule has 1 atom stereocenters. The highest BCUT2D eigenvalue weighted by atomic mass is 35.5. The van der Waals surface area contributed by atoms with Crippen LogP contribution in [0.15, 0.2) is 0 Å². The normalized spacial score (nSPS) is 24.9. The van der Waals surface area contributed by atoms with Crippen LogP contribution in [0.2, 0.25) is 0 Å². The molecule has 1 unspecified atom stereocenters. The van der Waals surface area contributed by atoms with Gasteiger partial charge in [-0.2, -0.15) is 0 Å². The molecule has 3 aliphatic rings. The highest BCUT2D eigenvalue weighted by Crippen LogP contribution is 2.24. The molecule has 2 aliphatic heterocycles. The SMILES string of the molecule is CC(NC=O)(C(=O)OC1CCCCC1)N1CCN(C2CCNCC2)CC1.Cl.Cl. The van der Waals surface area contributed by atoms with Crippen LogP contribution < -0.4 is 10.6 Å². The standard InChI is InChI=1S/C19H34N4O3.2ClH/c1-19(21-15-24,18(25)26-17-5-3-2-4-6-17)23-13-11-22(12-14-23)16-7-9-20-10-8-16;;/h15-17,20H,2-14H2,1H3,(H,21,24);2*1H. The van der Waals surface area contributed by atoms with E-state index < -0.39 is 5.66 Å². The Hall–Kier alpha value is -0.600. The van der Waals surface area contributed by atoms with Gasteiger partial charge in [-0.1, -0.05) is 6.42 Å². The van der Waals surface area contributed by atoms with Gasteiger partial charge in [-0.3, -0.25) is 14.6 Å². The van der Waals surface area contributed by atoms with Crippen molar-refractivity contribution in [2.75, 3.05) is 39.3 Å². The number of carbonyl (C=O) groups excluding carboxylic acids is 2. The maximum atomic E-state index is 12.9. The Balaban J connectivity index is 0.00000196. The third-order valence-corrected chi connectivity index (χ3v) is 6.34. The zero-order valence-corrected chi connectivity index (χ0v) is 18.5. The van der Waals surface area contributed by atoms with Crippen molar-refractivity contribution in [3.05, 3.63) is 0 Å². The van der Waals surface area contributed by atoms with E-state index in [4.69, 9.17) is 4.74 Å². The molecule has 0 aromatic rings. The van der Waals surface area contributed by atoms with Crippen LogP contribution in [0.25, 0.3) is 0 Å². The van der Waals surface area contributed by atoms with Gasteiger partial charge in [0.15, 0.2) is 5.66 Å². The lowest BCUT2D eigenvalue weighted by Gasteiger charge is -2.46. The Kier molecular flexibility index (Phi) is 11.1. The van der Waals surface area contributed by atoms with E-state index in [1.807, 2.05) is 0 Å². The molecule has 3 fully saturated rings. The van der Waals surface area contributed by atoms with Crippen LogP contribution in [0.4, 0.5) is 0 Å². The number of hydrogen-bond donors (Lipinski definition) is 2. The second-order valence-corrected chi connectivity index (χ2v) is 8.00. The monoisotopic (exact) mass is 438 g/mol. The van der Waals surface area contributed by atoms with Gasteiger partial charge in [-0.15, -0.1) is 24.8 Å². The number of halogens is 2. The molecule has 2 saturated heterocycles. The maximum absolute atomic E-state index is 12.9. The maximum Gasteiger partial charge on any atom is 0.347 e. The first kappa shape index (κ1) is 25.4. The average molecular weight is 439 g/mol. The fraction of sp³-hybridized carbons (Fsp3) is 0.895. The number of carbonyl (C=O) groups is 2. The Labute approximate surface area is 181 Å². The van der Waals surface area contributed by atoms with E-state index >= 15 is 0 Å². The number of piperidine rings is 1.